The van der Waals surface area contributed by atoms with Crippen LogP contribution in [0.2, 0.25) is 5.02 Å². The highest BCUT2D eigenvalue weighted by molar-refractivity contribution is 9.10. The minimum atomic E-state index is 0.606. The summed E-state index contributed by atoms with van der Waals surface area (Å²) in [5.41, 5.74) is 1.19. The molecule has 0 radical (unpaired) electrons. The van der Waals surface area contributed by atoms with Crippen LogP contribution in [0, 0.1) is 17.8 Å². The van der Waals surface area contributed by atoms with Gasteiger partial charge in [0, 0.05) is 22.1 Å². The second-order valence-corrected chi connectivity index (χ2v) is 7.57. The Morgan fingerprint density at radius 1 is 1.37 bits per heavy atom. The molecule has 0 heterocycles. The van der Waals surface area contributed by atoms with E-state index in [1.54, 1.807) is 0 Å². The molecule has 2 bridgehead atoms. The Hall–Kier alpha value is -0.0500. The van der Waals surface area contributed by atoms with Crippen LogP contribution in [0.1, 0.15) is 38.2 Å². The van der Waals surface area contributed by atoms with Gasteiger partial charge in [-0.1, -0.05) is 40.0 Å². The monoisotopic (exact) mass is 341 g/mol. The van der Waals surface area contributed by atoms with Crippen LogP contribution in [-0.2, 0) is 6.54 Å². The number of hydrogen-bond donors (Lipinski definition) is 1. The summed E-state index contributed by atoms with van der Waals surface area (Å²) in [5, 5.41) is 4.54. The molecule has 0 amide bonds. The average Bonchev–Trinajstić information content (AvgIpc) is 2.99. The lowest BCUT2D eigenvalue weighted by Gasteiger charge is -2.28. The third kappa shape index (κ3) is 3.01. The van der Waals surface area contributed by atoms with Gasteiger partial charge in [-0.3, -0.25) is 0 Å². The Morgan fingerprint density at radius 3 is 2.84 bits per heavy atom. The minimum Gasteiger partial charge on any atom is -0.310 e. The number of hydrogen-bond acceptors (Lipinski definition) is 1. The lowest BCUT2D eigenvalue weighted by Crippen LogP contribution is -2.35. The first kappa shape index (κ1) is 13.9. The normalized spacial score (nSPS) is 30.8. The summed E-state index contributed by atoms with van der Waals surface area (Å²) < 4.78 is 1.04. The van der Waals surface area contributed by atoms with Crippen molar-refractivity contribution < 1.29 is 0 Å². The highest BCUT2D eigenvalue weighted by Crippen LogP contribution is 2.49. The molecule has 1 nitrogen and oxygen atoms in total. The molecule has 0 spiro atoms. The van der Waals surface area contributed by atoms with Crippen molar-refractivity contribution in [2.24, 2.45) is 17.8 Å². The Balaban J connectivity index is 1.57. The van der Waals surface area contributed by atoms with Gasteiger partial charge in [-0.25, -0.2) is 0 Å². The Bertz CT molecular complexity index is 462. The first-order chi connectivity index (χ1) is 9.13. The largest absolute Gasteiger partial charge is 0.310 e. The van der Waals surface area contributed by atoms with E-state index in [1.807, 2.05) is 6.07 Å². The highest BCUT2D eigenvalue weighted by Gasteiger charge is 2.41. The molecule has 3 rings (SSSR count). The lowest BCUT2D eigenvalue weighted by molar-refractivity contribution is 0.259. The molecule has 0 aromatic heterocycles. The van der Waals surface area contributed by atoms with Crippen LogP contribution in [0.3, 0.4) is 0 Å². The molecular weight excluding hydrogens is 322 g/mol. The molecule has 19 heavy (non-hydrogen) atoms. The van der Waals surface area contributed by atoms with Crippen LogP contribution in [0.25, 0.3) is 0 Å². The zero-order chi connectivity index (χ0) is 13.4. The van der Waals surface area contributed by atoms with Crippen molar-refractivity contribution in [1.29, 1.82) is 0 Å². The van der Waals surface area contributed by atoms with Crippen molar-refractivity contribution in [3.8, 4) is 0 Å². The molecule has 0 aliphatic heterocycles. The van der Waals surface area contributed by atoms with Crippen LogP contribution in [0.4, 0.5) is 0 Å². The standard InChI is InChI=1S/C16H21BrClN/c1-10(15-7-11-2-3-12(15)6-11)19-9-13-4-5-14(17)8-16(13)18/h4-5,8,10-12,15,19H,2-3,6-7,9H2,1H3. The number of fused-ring (bicyclic) bond motifs is 2. The highest BCUT2D eigenvalue weighted by atomic mass is 79.9. The van der Waals surface area contributed by atoms with Gasteiger partial charge in [0.25, 0.3) is 0 Å². The first-order valence-electron chi connectivity index (χ1n) is 7.31. The zero-order valence-electron chi connectivity index (χ0n) is 11.3. The van der Waals surface area contributed by atoms with Gasteiger partial charge in [-0.15, -0.1) is 0 Å². The van der Waals surface area contributed by atoms with Crippen molar-refractivity contribution in [1.82, 2.24) is 5.32 Å². The van der Waals surface area contributed by atoms with Gasteiger partial charge in [0.15, 0.2) is 0 Å². The second kappa shape index (κ2) is 5.75. The van der Waals surface area contributed by atoms with E-state index in [1.165, 1.54) is 31.2 Å². The average molecular weight is 343 g/mol. The summed E-state index contributed by atoms with van der Waals surface area (Å²) in [6.45, 7) is 3.22. The molecule has 2 saturated carbocycles. The van der Waals surface area contributed by atoms with Crippen molar-refractivity contribution >= 4 is 27.5 Å². The predicted molar refractivity (Wildman–Crippen MR) is 84.4 cm³/mol. The molecule has 4 unspecified atom stereocenters. The summed E-state index contributed by atoms with van der Waals surface area (Å²) in [6, 6.07) is 6.74. The SMILES string of the molecule is CC(NCc1ccc(Br)cc1Cl)C1CC2CCC1C2. The van der Waals surface area contributed by atoms with Crippen LogP contribution in [0.15, 0.2) is 22.7 Å². The van der Waals surface area contributed by atoms with Crippen molar-refractivity contribution in [3.63, 3.8) is 0 Å². The predicted octanol–water partition coefficient (Wildman–Crippen LogP) is 5.02. The quantitative estimate of drug-likeness (QED) is 0.810. The number of halogens is 2. The minimum absolute atomic E-state index is 0.606. The maximum absolute atomic E-state index is 6.27. The summed E-state index contributed by atoms with van der Waals surface area (Å²) in [5.74, 6) is 2.89. The Morgan fingerprint density at radius 2 is 2.21 bits per heavy atom. The Labute approximate surface area is 129 Å². The molecule has 2 aliphatic carbocycles. The molecule has 104 valence electrons. The maximum atomic E-state index is 6.27. The topological polar surface area (TPSA) is 12.0 Å². The van der Waals surface area contributed by atoms with E-state index in [2.05, 4.69) is 40.3 Å². The van der Waals surface area contributed by atoms with Gasteiger partial charge in [0.1, 0.15) is 0 Å². The Kier molecular flexibility index (Phi) is 4.21. The molecular formula is C16H21BrClN. The molecule has 1 N–H and O–H groups in total. The van der Waals surface area contributed by atoms with Crippen LogP contribution >= 0.6 is 27.5 Å². The molecule has 4 atom stereocenters. The molecule has 2 aliphatic rings. The third-order valence-electron chi connectivity index (χ3n) is 5.06. The van der Waals surface area contributed by atoms with Crippen LogP contribution < -0.4 is 5.32 Å². The van der Waals surface area contributed by atoms with E-state index < -0.39 is 0 Å². The van der Waals surface area contributed by atoms with Gasteiger partial charge < -0.3 is 5.32 Å². The maximum Gasteiger partial charge on any atom is 0.0462 e. The third-order valence-corrected chi connectivity index (χ3v) is 5.91. The van der Waals surface area contributed by atoms with Gasteiger partial charge in [0.2, 0.25) is 0 Å². The fraction of sp³-hybridized carbons (Fsp3) is 0.625. The van der Waals surface area contributed by atoms with E-state index in [4.69, 9.17) is 11.6 Å². The molecule has 2 fully saturated rings. The van der Waals surface area contributed by atoms with Crippen LogP contribution in [-0.4, -0.2) is 6.04 Å². The summed E-state index contributed by atoms with van der Waals surface area (Å²) in [4.78, 5) is 0. The lowest BCUT2D eigenvalue weighted by atomic mass is 9.84. The van der Waals surface area contributed by atoms with Gasteiger partial charge in [-0.05, 0) is 61.6 Å². The summed E-state index contributed by atoms with van der Waals surface area (Å²) in [6.07, 6.45) is 5.86. The zero-order valence-corrected chi connectivity index (χ0v) is 13.7. The van der Waals surface area contributed by atoms with Crippen molar-refractivity contribution in [2.75, 3.05) is 0 Å². The summed E-state index contributed by atoms with van der Waals surface area (Å²) >= 11 is 9.71. The van der Waals surface area contributed by atoms with E-state index in [0.29, 0.717) is 6.04 Å². The van der Waals surface area contributed by atoms with Gasteiger partial charge >= 0.3 is 0 Å². The fourth-order valence-corrected chi connectivity index (χ4v) is 4.73. The van der Waals surface area contributed by atoms with E-state index in [0.717, 1.165) is 33.8 Å². The van der Waals surface area contributed by atoms with Crippen molar-refractivity contribution in [2.45, 2.75) is 45.2 Å². The second-order valence-electron chi connectivity index (χ2n) is 6.24. The number of benzene rings is 1. The van der Waals surface area contributed by atoms with Crippen molar-refractivity contribution in [3.05, 3.63) is 33.3 Å². The summed E-state index contributed by atoms with van der Waals surface area (Å²) in [7, 11) is 0. The molecule has 1 aromatic carbocycles. The fourth-order valence-electron chi connectivity index (χ4n) is 3.99. The van der Waals surface area contributed by atoms with Gasteiger partial charge in [-0.2, -0.15) is 0 Å². The van der Waals surface area contributed by atoms with Crippen LogP contribution in [0.5, 0.6) is 0 Å². The number of rotatable bonds is 4. The van der Waals surface area contributed by atoms with E-state index in [-0.39, 0.29) is 0 Å². The smallest absolute Gasteiger partial charge is 0.0462 e. The first-order valence-corrected chi connectivity index (χ1v) is 8.48. The van der Waals surface area contributed by atoms with Gasteiger partial charge in [0.05, 0.1) is 0 Å². The number of nitrogens with one attached hydrogen (secondary N) is 1. The van der Waals surface area contributed by atoms with E-state index in [9.17, 15) is 0 Å². The van der Waals surface area contributed by atoms with E-state index >= 15 is 0 Å². The molecule has 0 saturated heterocycles. The molecule has 1 aromatic rings. The molecule has 3 heteroatoms.